The summed E-state index contributed by atoms with van der Waals surface area (Å²) in [5, 5.41) is 14.6. The number of nitriles is 1. The fourth-order valence-corrected chi connectivity index (χ4v) is 2.14. The van der Waals surface area contributed by atoms with Crippen LogP contribution in [0.4, 0.5) is 10.1 Å². The molecular weight excluding hydrogens is 333 g/mol. The van der Waals surface area contributed by atoms with Gasteiger partial charge in [-0.15, -0.1) is 12.4 Å². The largest absolute Gasteiger partial charge is 0.326 e. The first-order chi connectivity index (χ1) is 8.61. The summed E-state index contributed by atoms with van der Waals surface area (Å²) in [6.45, 7) is 2.79. The van der Waals surface area contributed by atoms with Crippen LogP contribution in [0.2, 0.25) is 0 Å². The van der Waals surface area contributed by atoms with Crippen molar-refractivity contribution in [1.29, 1.82) is 5.26 Å². The number of nitrogens with zero attached hydrogens (tertiary/aromatic N) is 1. The van der Waals surface area contributed by atoms with Crippen LogP contribution in [0.25, 0.3) is 0 Å². The minimum Gasteiger partial charge on any atom is -0.326 e. The molecule has 21 heavy (non-hydrogen) atoms. The van der Waals surface area contributed by atoms with Crippen molar-refractivity contribution >= 4 is 51.0 Å². The van der Waals surface area contributed by atoms with Gasteiger partial charge >= 0.3 is 0 Å². The number of halogens is 2. The Morgan fingerprint density at radius 1 is 1.48 bits per heavy atom. The summed E-state index contributed by atoms with van der Waals surface area (Å²) >= 11 is 0. The third-order valence-electron chi connectivity index (χ3n) is 3.22. The zero-order valence-electron chi connectivity index (χ0n) is 11.4. The Hall–Kier alpha value is -0.940. The number of anilines is 1. The van der Waals surface area contributed by atoms with E-state index in [1.807, 2.05) is 6.92 Å². The predicted molar refractivity (Wildman–Crippen MR) is 93.3 cm³/mol. The van der Waals surface area contributed by atoms with E-state index in [1.54, 1.807) is 6.07 Å². The molecule has 2 atom stereocenters. The van der Waals surface area contributed by atoms with E-state index in [0.717, 1.165) is 13.0 Å². The van der Waals surface area contributed by atoms with Crippen LogP contribution in [-0.4, -0.2) is 18.5 Å². The third-order valence-corrected chi connectivity index (χ3v) is 3.22. The van der Waals surface area contributed by atoms with Crippen LogP contribution in [-0.2, 0) is 4.79 Å². The number of rotatable bonds is 2. The van der Waals surface area contributed by atoms with E-state index in [1.165, 1.54) is 18.2 Å². The molecule has 1 aromatic carbocycles. The number of hydrogen-bond acceptors (Lipinski definition) is 3. The first-order valence-electron chi connectivity index (χ1n) is 5.85. The van der Waals surface area contributed by atoms with Gasteiger partial charge in [-0.25, -0.2) is 4.39 Å². The molecule has 0 unspecified atom stereocenters. The van der Waals surface area contributed by atoms with Gasteiger partial charge in [-0.05, 0) is 38.1 Å². The molecule has 1 aliphatic rings. The fourth-order valence-electron chi connectivity index (χ4n) is 2.14. The summed E-state index contributed by atoms with van der Waals surface area (Å²) in [6, 6.07) is 5.88. The lowest BCUT2D eigenvalue weighted by Crippen LogP contribution is -2.32. The van der Waals surface area contributed by atoms with Crippen molar-refractivity contribution in [2.24, 2.45) is 5.92 Å². The van der Waals surface area contributed by atoms with Gasteiger partial charge in [-0.2, -0.15) is 32.3 Å². The van der Waals surface area contributed by atoms with E-state index in [9.17, 15) is 9.18 Å². The molecule has 1 aromatic rings. The van der Waals surface area contributed by atoms with Crippen LogP contribution in [0.1, 0.15) is 18.9 Å². The Morgan fingerprint density at radius 3 is 2.67 bits per heavy atom. The van der Waals surface area contributed by atoms with Crippen molar-refractivity contribution < 1.29 is 9.18 Å². The first kappa shape index (κ1) is 22.3. The highest BCUT2D eigenvalue weighted by atomic mass is 35.5. The molecule has 0 saturated carbocycles. The van der Waals surface area contributed by atoms with Crippen molar-refractivity contribution in [1.82, 2.24) is 5.32 Å². The van der Waals surface area contributed by atoms with Crippen molar-refractivity contribution in [3.63, 3.8) is 0 Å². The van der Waals surface area contributed by atoms with Crippen molar-refractivity contribution in [2.75, 3.05) is 11.9 Å². The van der Waals surface area contributed by atoms with Crippen molar-refractivity contribution in [3.05, 3.63) is 29.6 Å². The Balaban J connectivity index is 0. The molecule has 1 saturated heterocycles. The molecular formula is C13H19ClFN3OS2. The highest BCUT2D eigenvalue weighted by molar-refractivity contribution is 7.59. The number of nitrogens with one attached hydrogen (secondary N) is 2. The maximum atomic E-state index is 13.1. The second kappa shape index (κ2) is 9.90. The quantitative estimate of drug-likeness (QED) is 0.859. The van der Waals surface area contributed by atoms with Gasteiger partial charge in [0.1, 0.15) is 11.9 Å². The summed E-state index contributed by atoms with van der Waals surface area (Å²) in [4.78, 5) is 12.0. The van der Waals surface area contributed by atoms with Crippen LogP contribution in [0.3, 0.4) is 0 Å². The molecule has 2 N–H and O–H groups in total. The molecule has 1 amide bonds. The lowest BCUT2D eigenvalue weighted by Gasteiger charge is -2.15. The number of carbonyl (C=O) groups excluding carboxylic acids is 1. The highest BCUT2D eigenvalue weighted by Gasteiger charge is 2.29. The molecule has 0 aliphatic carbocycles. The Kier molecular flexibility index (Phi) is 10.5. The monoisotopic (exact) mass is 351 g/mol. The predicted octanol–water partition coefficient (Wildman–Crippen LogP) is 2.28. The smallest absolute Gasteiger partial charge is 0.229 e. The summed E-state index contributed by atoms with van der Waals surface area (Å²) in [7, 11) is 0. The lowest BCUT2D eigenvalue weighted by molar-refractivity contribution is -0.120. The van der Waals surface area contributed by atoms with Gasteiger partial charge in [-0.3, -0.25) is 4.79 Å². The van der Waals surface area contributed by atoms with Crippen LogP contribution in [0.15, 0.2) is 18.2 Å². The van der Waals surface area contributed by atoms with E-state index >= 15 is 0 Å². The van der Waals surface area contributed by atoms with E-state index in [4.69, 9.17) is 5.26 Å². The van der Waals surface area contributed by atoms with Gasteiger partial charge in [0, 0.05) is 11.7 Å². The van der Waals surface area contributed by atoms with Crippen molar-refractivity contribution in [2.45, 2.75) is 19.4 Å². The van der Waals surface area contributed by atoms with Crippen molar-refractivity contribution in [3.8, 4) is 6.07 Å². The highest BCUT2D eigenvalue weighted by Crippen LogP contribution is 2.19. The molecule has 8 heteroatoms. The van der Waals surface area contributed by atoms with Crippen LogP contribution in [0.5, 0.6) is 0 Å². The number of hydrogen-bond donors (Lipinski definition) is 2. The van der Waals surface area contributed by atoms with Gasteiger partial charge in [0.25, 0.3) is 0 Å². The second-order valence-corrected chi connectivity index (χ2v) is 4.43. The Bertz CT molecular complexity index is 525. The van der Waals surface area contributed by atoms with Gasteiger partial charge in [0.05, 0.1) is 11.5 Å². The fraction of sp³-hybridized carbons (Fsp3) is 0.385. The van der Waals surface area contributed by atoms with Crippen LogP contribution >= 0.6 is 39.4 Å². The maximum Gasteiger partial charge on any atom is 0.229 e. The topological polar surface area (TPSA) is 64.9 Å². The standard InChI is InChI=1S/C13H14FN3O.ClH.2H2S/c1-8-11(4-5-16-8)13(18)17-10-2-3-12(14)9(6-10)7-15;;;/h2-3,6,8,11,16H,4-5H2,1H3,(H,17,18);1H;2*1H2/t8-,11-;;;/m0.../s1. The average Bonchev–Trinajstić information content (AvgIpc) is 2.78. The van der Waals surface area contributed by atoms with E-state index < -0.39 is 5.82 Å². The zero-order chi connectivity index (χ0) is 13.1. The van der Waals surface area contributed by atoms with Gasteiger partial charge < -0.3 is 10.6 Å². The molecule has 1 heterocycles. The molecule has 0 spiro atoms. The van der Waals surface area contributed by atoms with Crippen LogP contribution in [0, 0.1) is 23.1 Å². The summed E-state index contributed by atoms with van der Waals surface area (Å²) in [6.07, 6.45) is 0.791. The molecule has 1 fully saturated rings. The SMILES string of the molecule is C[C@@H]1NCC[C@@H]1C(=O)Nc1ccc(F)c(C#N)c1.Cl.S.S. The van der Waals surface area contributed by atoms with E-state index in [2.05, 4.69) is 10.6 Å². The zero-order valence-corrected chi connectivity index (χ0v) is 14.3. The lowest BCUT2D eigenvalue weighted by atomic mass is 10.0. The minimum atomic E-state index is -0.577. The number of carbonyl (C=O) groups is 1. The van der Waals surface area contributed by atoms with Crippen LogP contribution < -0.4 is 10.6 Å². The van der Waals surface area contributed by atoms with Gasteiger partial charge in [0.15, 0.2) is 0 Å². The summed E-state index contributed by atoms with van der Waals surface area (Å²) < 4.78 is 13.1. The molecule has 0 radical (unpaired) electrons. The number of amides is 1. The van der Waals surface area contributed by atoms with Gasteiger partial charge in [0.2, 0.25) is 5.91 Å². The average molecular weight is 352 g/mol. The third kappa shape index (κ3) is 5.40. The molecule has 0 bridgehead atoms. The Labute approximate surface area is 143 Å². The van der Waals surface area contributed by atoms with Gasteiger partial charge in [-0.1, -0.05) is 0 Å². The summed E-state index contributed by atoms with van der Waals surface area (Å²) in [5.74, 6) is -0.755. The Morgan fingerprint density at radius 2 is 2.14 bits per heavy atom. The first-order valence-corrected chi connectivity index (χ1v) is 5.85. The number of benzene rings is 1. The summed E-state index contributed by atoms with van der Waals surface area (Å²) in [5.41, 5.74) is 0.391. The molecule has 4 nitrogen and oxygen atoms in total. The normalized spacial score (nSPS) is 19.3. The second-order valence-electron chi connectivity index (χ2n) is 4.43. The molecule has 2 rings (SSSR count). The minimum absolute atomic E-state index is 0. The molecule has 1 aliphatic heterocycles. The maximum absolute atomic E-state index is 13.1. The van der Waals surface area contributed by atoms with E-state index in [-0.39, 0.29) is 62.8 Å². The molecule has 118 valence electrons. The van der Waals surface area contributed by atoms with E-state index in [0.29, 0.717) is 5.69 Å². The molecule has 0 aromatic heterocycles.